The maximum atomic E-state index is 10.4. The van der Waals surface area contributed by atoms with Gasteiger partial charge in [0, 0.05) is 68.5 Å². The molecule has 4 heterocycles. The fraction of sp³-hybridized carbons (Fsp3) is 0.526. The van der Waals surface area contributed by atoms with E-state index in [0.717, 1.165) is 63.0 Å². The molecule has 7 nitrogen and oxygen atoms in total. The lowest BCUT2D eigenvalue weighted by atomic mass is 10.00. The number of likely N-dealkylation sites (tertiary alicyclic amines) is 1. The third-order valence-corrected chi connectivity index (χ3v) is 5.07. The number of β-amino-alcohol motifs (C(OH)–C–C–N with tert-alkyl or cyclic N) is 1. The van der Waals surface area contributed by atoms with Gasteiger partial charge in [0.2, 0.25) is 5.95 Å². The first-order valence-corrected chi connectivity index (χ1v) is 9.22. The number of anilines is 1. The highest BCUT2D eigenvalue weighted by molar-refractivity contribution is 5.30. The Labute approximate surface area is 153 Å². The van der Waals surface area contributed by atoms with Crippen LogP contribution < -0.4 is 4.90 Å². The van der Waals surface area contributed by atoms with E-state index < -0.39 is 0 Å². The molecule has 0 spiro atoms. The van der Waals surface area contributed by atoms with Crippen molar-refractivity contribution in [1.29, 1.82) is 0 Å². The standard InChI is InChI=1S/C19H25N5O2/c25-18-14-23(13-16(18)9-17-3-1-2-4-20-17)12-15-10-21-19(22-11-15)24-5-7-26-8-6-24/h1-4,10-11,16,18,25H,5-9,12-14H2/t16-,18-/m1/s1. The first-order chi connectivity index (χ1) is 12.8. The zero-order valence-corrected chi connectivity index (χ0v) is 14.9. The SMILES string of the molecule is O[C@@H]1CN(Cc2cnc(N3CCOCC3)nc2)C[C@H]1Cc1ccccn1. The molecule has 2 fully saturated rings. The molecule has 0 radical (unpaired) electrons. The van der Waals surface area contributed by atoms with Gasteiger partial charge in [0.25, 0.3) is 0 Å². The average Bonchev–Trinajstić information content (AvgIpc) is 3.03. The van der Waals surface area contributed by atoms with Crippen LogP contribution in [-0.2, 0) is 17.7 Å². The van der Waals surface area contributed by atoms with Gasteiger partial charge in [-0.15, -0.1) is 0 Å². The molecule has 0 aliphatic carbocycles. The minimum Gasteiger partial charge on any atom is -0.391 e. The van der Waals surface area contributed by atoms with Crippen molar-refractivity contribution in [3.8, 4) is 0 Å². The number of nitrogens with zero attached hydrogens (tertiary/aromatic N) is 5. The Morgan fingerprint density at radius 1 is 1.08 bits per heavy atom. The van der Waals surface area contributed by atoms with Crippen molar-refractivity contribution < 1.29 is 9.84 Å². The highest BCUT2D eigenvalue weighted by Gasteiger charge is 2.31. The molecule has 2 aliphatic rings. The number of morpholine rings is 1. The van der Waals surface area contributed by atoms with E-state index in [1.165, 1.54) is 0 Å². The fourth-order valence-electron chi connectivity index (χ4n) is 3.67. The van der Waals surface area contributed by atoms with Gasteiger partial charge in [0.05, 0.1) is 19.3 Å². The number of rotatable bonds is 5. The normalized spacial score (nSPS) is 24.1. The molecule has 7 heteroatoms. The molecule has 1 N–H and O–H groups in total. The highest BCUT2D eigenvalue weighted by Crippen LogP contribution is 2.22. The second-order valence-electron chi connectivity index (χ2n) is 7.04. The minimum atomic E-state index is -0.314. The van der Waals surface area contributed by atoms with Gasteiger partial charge in [0.15, 0.2) is 0 Å². The molecule has 4 rings (SSSR count). The van der Waals surface area contributed by atoms with E-state index in [9.17, 15) is 5.11 Å². The molecule has 138 valence electrons. The molecule has 0 bridgehead atoms. The van der Waals surface area contributed by atoms with Gasteiger partial charge in [-0.25, -0.2) is 9.97 Å². The zero-order chi connectivity index (χ0) is 17.8. The van der Waals surface area contributed by atoms with Gasteiger partial charge in [-0.05, 0) is 18.6 Å². The molecule has 0 amide bonds. The van der Waals surface area contributed by atoms with Crippen LogP contribution in [0.2, 0.25) is 0 Å². The summed E-state index contributed by atoms with van der Waals surface area (Å²) >= 11 is 0. The first-order valence-electron chi connectivity index (χ1n) is 9.22. The van der Waals surface area contributed by atoms with Crippen LogP contribution >= 0.6 is 0 Å². The van der Waals surface area contributed by atoms with Crippen LogP contribution in [0.15, 0.2) is 36.8 Å². The lowest BCUT2D eigenvalue weighted by Crippen LogP contribution is -2.37. The van der Waals surface area contributed by atoms with E-state index in [2.05, 4.69) is 24.8 Å². The Bertz CT molecular complexity index is 691. The van der Waals surface area contributed by atoms with E-state index >= 15 is 0 Å². The molecule has 0 unspecified atom stereocenters. The van der Waals surface area contributed by atoms with Gasteiger partial charge in [0.1, 0.15) is 0 Å². The summed E-state index contributed by atoms with van der Waals surface area (Å²) in [6.07, 6.45) is 6.10. The van der Waals surface area contributed by atoms with Crippen LogP contribution in [0, 0.1) is 5.92 Å². The van der Waals surface area contributed by atoms with Crippen molar-refractivity contribution in [2.75, 3.05) is 44.3 Å². The van der Waals surface area contributed by atoms with E-state index in [1.807, 2.05) is 36.8 Å². The van der Waals surface area contributed by atoms with Gasteiger partial charge >= 0.3 is 0 Å². The van der Waals surface area contributed by atoms with Gasteiger partial charge in [-0.2, -0.15) is 0 Å². The van der Waals surface area contributed by atoms with Gasteiger partial charge in [-0.1, -0.05) is 6.07 Å². The molecule has 2 saturated heterocycles. The summed E-state index contributed by atoms with van der Waals surface area (Å²) in [5, 5.41) is 10.4. The number of hydrogen-bond acceptors (Lipinski definition) is 7. The van der Waals surface area contributed by atoms with Crippen LogP contribution in [0.5, 0.6) is 0 Å². The molecule has 2 atom stereocenters. The summed E-state index contributed by atoms with van der Waals surface area (Å²) in [4.78, 5) is 17.8. The predicted molar refractivity (Wildman–Crippen MR) is 97.8 cm³/mol. The van der Waals surface area contributed by atoms with Crippen molar-refractivity contribution in [2.45, 2.75) is 19.1 Å². The van der Waals surface area contributed by atoms with Crippen LogP contribution in [0.4, 0.5) is 5.95 Å². The summed E-state index contributed by atoms with van der Waals surface area (Å²) in [5.41, 5.74) is 2.12. The Morgan fingerprint density at radius 3 is 2.62 bits per heavy atom. The molecule has 2 aliphatic heterocycles. The number of pyridine rings is 1. The van der Waals surface area contributed by atoms with Crippen molar-refractivity contribution >= 4 is 5.95 Å². The molecular weight excluding hydrogens is 330 g/mol. The van der Waals surface area contributed by atoms with E-state index in [0.29, 0.717) is 6.54 Å². The quantitative estimate of drug-likeness (QED) is 0.848. The molecule has 0 aromatic carbocycles. The Hall–Kier alpha value is -2.09. The number of aliphatic hydroxyl groups excluding tert-OH is 1. The maximum Gasteiger partial charge on any atom is 0.225 e. The second-order valence-corrected chi connectivity index (χ2v) is 7.04. The Morgan fingerprint density at radius 2 is 1.88 bits per heavy atom. The van der Waals surface area contributed by atoms with E-state index in [-0.39, 0.29) is 12.0 Å². The number of hydrogen-bond donors (Lipinski definition) is 1. The lowest BCUT2D eigenvalue weighted by molar-refractivity contribution is 0.122. The van der Waals surface area contributed by atoms with Crippen LogP contribution in [-0.4, -0.2) is 70.5 Å². The lowest BCUT2D eigenvalue weighted by Gasteiger charge is -2.26. The highest BCUT2D eigenvalue weighted by atomic mass is 16.5. The smallest absolute Gasteiger partial charge is 0.225 e. The number of aliphatic hydroxyl groups is 1. The summed E-state index contributed by atoms with van der Waals surface area (Å²) in [6.45, 7) is 5.45. The summed E-state index contributed by atoms with van der Waals surface area (Å²) in [6, 6.07) is 5.93. The van der Waals surface area contributed by atoms with Gasteiger partial charge < -0.3 is 14.7 Å². The molecular formula is C19H25N5O2. The average molecular weight is 355 g/mol. The van der Waals surface area contributed by atoms with Gasteiger partial charge in [-0.3, -0.25) is 9.88 Å². The molecule has 0 saturated carbocycles. The van der Waals surface area contributed by atoms with E-state index in [1.54, 1.807) is 0 Å². The number of ether oxygens (including phenoxy) is 1. The monoisotopic (exact) mass is 355 g/mol. The van der Waals surface area contributed by atoms with Crippen molar-refractivity contribution in [2.24, 2.45) is 5.92 Å². The summed E-state index contributed by atoms with van der Waals surface area (Å²) < 4.78 is 5.36. The third kappa shape index (κ3) is 4.17. The first kappa shape index (κ1) is 17.3. The number of aromatic nitrogens is 3. The topological polar surface area (TPSA) is 74.6 Å². The zero-order valence-electron chi connectivity index (χ0n) is 14.9. The Kier molecular flexibility index (Phi) is 5.38. The molecule has 26 heavy (non-hydrogen) atoms. The van der Waals surface area contributed by atoms with Crippen LogP contribution in [0.3, 0.4) is 0 Å². The maximum absolute atomic E-state index is 10.4. The predicted octanol–water partition coefficient (Wildman–Crippen LogP) is 0.744. The summed E-state index contributed by atoms with van der Waals surface area (Å²) in [7, 11) is 0. The van der Waals surface area contributed by atoms with Crippen molar-refractivity contribution in [3.63, 3.8) is 0 Å². The fourth-order valence-corrected chi connectivity index (χ4v) is 3.67. The van der Waals surface area contributed by atoms with Crippen LogP contribution in [0.25, 0.3) is 0 Å². The van der Waals surface area contributed by atoms with E-state index in [4.69, 9.17) is 4.74 Å². The third-order valence-electron chi connectivity index (χ3n) is 5.07. The van der Waals surface area contributed by atoms with Crippen molar-refractivity contribution in [1.82, 2.24) is 19.9 Å². The summed E-state index contributed by atoms with van der Waals surface area (Å²) in [5.74, 6) is 0.991. The minimum absolute atomic E-state index is 0.221. The second kappa shape index (κ2) is 8.07. The van der Waals surface area contributed by atoms with Crippen LogP contribution in [0.1, 0.15) is 11.3 Å². The Balaban J connectivity index is 1.32. The largest absolute Gasteiger partial charge is 0.391 e. The molecule has 2 aromatic rings. The van der Waals surface area contributed by atoms with Crippen molar-refractivity contribution in [3.05, 3.63) is 48.0 Å². The molecule has 2 aromatic heterocycles.